The molecule has 1 atom stereocenters. The molecule has 0 saturated carbocycles. The van der Waals surface area contributed by atoms with Gasteiger partial charge in [-0.05, 0) is 38.3 Å². The van der Waals surface area contributed by atoms with Crippen LogP contribution in [-0.2, 0) is 33.8 Å². The number of carbonyl (C=O) groups excluding carboxylic acids is 2. The normalized spacial score (nSPS) is 20.2. The molecule has 8 heteroatoms. The van der Waals surface area contributed by atoms with E-state index < -0.39 is 6.04 Å². The summed E-state index contributed by atoms with van der Waals surface area (Å²) in [6.45, 7) is 3.41. The lowest BCUT2D eigenvalue weighted by atomic mass is 10.0. The Hall–Kier alpha value is -1.60. The van der Waals surface area contributed by atoms with Gasteiger partial charge in [-0.3, -0.25) is 9.48 Å². The zero-order valence-corrected chi connectivity index (χ0v) is 15.5. The van der Waals surface area contributed by atoms with E-state index in [4.69, 9.17) is 4.74 Å². The van der Waals surface area contributed by atoms with E-state index in [9.17, 15) is 9.59 Å². The van der Waals surface area contributed by atoms with Crippen LogP contribution < -0.4 is 5.32 Å². The number of hydrogen-bond acceptors (Lipinski definition) is 5. The van der Waals surface area contributed by atoms with E-state index in [1.54, 1.807) is 4.90 Å². The van der Waals surface area contributed by atoms with Crippen molar-refractivity contribution in [3.8, 4) is 0 Å². The molecular weight excluding hydrogens is 344 g/mol. The number of methoxy groups -OCH3 is 1. The lowest BCUT2D eigenvalue weighted by Crippen LogP contribution is -2.48. The fraction of sp³-hybridized carbons (Fsp3) is 0.706. The molecule has 140 valence electrons. The van der Waals surface area contributed by atoms with Crippen LogP contribution in [0, 0.1) is 0 Å². The highest BCUT2D eigenvalue weighted by Gasteiger charge is 2.32. The summed E-state index contributed by atoms with van der Waals surface area (Å²) in [5.74, 6) is -0.283. The summed E-state index contributed by atoms with van der Waals surface area (Å²) < 4.78 is 6.88. The fourth-order valence-electron chi connectivity index (χ4n) is 3.53. The summed E-state index contributed by atoms with van der Waals surface area (Å²) in [5.41, 5.74) is 2.13. The first-order valence-electron chi connectivity index (χ1n) is 8.82. The molecule has 0 spiro atoms. The quantitative estimate of drug-likeness (QED) is 0.808. The summed E-state index contributed by atoms with van der Waals surface area (Å²) in [4.78, 5) is 26.1. The highest BCUT2D eigenvalue weighted by molar-refractivity contribution is 5.85. The molecule has 0 aromatic carbocycles. The van der Waals surface area contributed by atoms with Gasteiger partial charge in [-0.2, -0.15) is 5.10 Å². The van der Waals surface area contributed by atoms with Crippen LogP contribution >= 0.6 is 12.4 Å². The smallest absolute Gasteiger partial charge is 0.328 e. The van der Waals surface area contributed by atoms with Crippen molar-refractivity contribution in [2.45, 2.75) is 57.7 Å². The molecular formula is C17H27ClN4O3. The molecule has 2 aliphatic rings. The van der Waals surface area contributed by atoms with Crippen LogP contribution in [0.25, 0.3) is 0 Å². The number of hydrogen-bond donors (Lipinski definition) is 1. The van der Waals surface area contributed by atoms with Gasteiger partial charge < -0.3 is 15.0 Å². The number of amides is 1. The summed E-state index contributed by atoms with van der Waals surface area (Å²) in [5, 5.41) is 7.98. The second-order valence-electron chi connectivity index (χ2n) is 6.50. The molecule has 2 aliphatic heterocycles. The third kappa shape index (κ3) is 4.73. The first-order valence-corrected chi connectivity index (χ1v) is 8.82. The number of carbonyl (C=O) groups is 2. The van der Waals surface area contributed by atoms with Gasteiger partial charge in [0.05, 0.1) is 18.5 Å². The van der Waals surface area contributed by atoms with Gasteiger partial charge in [-0.15, -0.1) is 12.4 Å². The Morgan fingerprint density at radius 1 is 1.32 bits per heavy atom. The number of aryl methyl sites for hydroxylation is 2. The second kappa shape index (κ2) is 9.20. The number of fused-ring (bicyclic) bond motifs is 1. The van der Waals surface area contributed by atoms with E-state index in [1.165, 1.54) is 12.8 Å². The standard InChI is InChI=1S/C17H26N4O3.ClH/c1-24-17(23)15-5-2-3-9-20(15)16(22)7-6-13-11-14-12-18-8-4-10-21(14)19-13;/h11,15,18H,2-10,12H2,1H3;1H. The van der Waals surface area contributed by atoms with Crippen LogP contribution in [-0.4, -0.2) is 52.8 Å². The van der Waals surface area contributed by atoms with Crippen LogP contribution in [0.5, 0.6) is 0 Å². The molecule has 0 aliphatic carbocycles. The predicted molar refractivity (Wildman–Crippen MR) is 95.5 cm³/mol. The highest BCUT2D eigenvalue weighted by Crippen LogP contribution is 2.20. The van der Waals surface area contributed by atoms with Crippen molar-refractivity contribution >= 4 is 24.3 Å². The lowest BCUT2D eigenvalue weighted by Gasteiger charge is -2.33. The Balaban J connectivity index is 0.00000225. The van der Waals surface area contributed by atoms with Crippen molar-refractivity contribution in [2.75, 3.05) is 20.2 Å². The molecule has 0 radical (unpaired) electrons. The molecule has 1 amide bonds. The maximum atomic E-state index is 12.6. The molecule has 0 bridgehead atoms. The monoisotopic (exact) mass is 370 g/mol. The third-order valence-electron chi connectivity index (χ3n) is 4.83. The number of esters is 1. The predicted octanol–water partition coefficient (Wildman–Crippen LogP) is 1.28. The highest BCUT2D eigenvalue weighted by atomic mass is 35.5. The Morgan fingerprint density at radius 2 is 2.16 bits per heavy atom. The van der Waals surface area contributed by atoms with Crippen molar-refractivity contribution in [3.05, 3.63) is 17.5 Å². The minimum absolute atomic E-state index is 0. The number of likely N-dealkylation sites (tertiary alicyclic amines) is 1. The molecule has 3 rings (SSSR count). The topological polar surface area (TPSA) is 76.5 Å². The molecule has 1 fully saturated rings. The second-order valence-corrected chi connectivity index (χ2v) is 6.50. The third-order valence-corrected chi connectivity index (χ3v) is 4.83. The molecule has 3 heterocycles. The number of ether oxygens (including phenoxy) is 1. The number of nitrogens with one attached hydrogen (secondary N) is 1. The van der Waals surface area contributed by atoms with Gasteiger partial charge in [0.2, 0.25) is 5.91 Å². The average Bonchev–Trinajstić information content (AvgIpc) is 2.88. The maximum absolute atomic E-state index is 12.6. The summed E-state index contributed by atoms with van der Waals surface area (Å²) in [6.07, 6.45) is 4.68. The number of halogens is 1. The van der Waals surface area contributed by atoms with E-state index in [1.807, 2.05) is 4.68 Å². The number of piperidine rings is 1. The Morgan fingerprint density at radius 3 is 2.96 bits per heavy atom. The Labute approximate surface area is 154 Å². The first kappa shape index (κ1) is 19.7. The average molecular weight is 371 g/mol. The molecule has 1 aromatic heterocycles. The molecule has 25 heavy (non-hydrogen) atoms. The van der Waals surface area contributed by atoms with Gasteiger partial charge in [-0.1, -0.05) is 0 Å². The Bertz CT molecular complexity index is 581. The van der Waals surface area contributed by atoms with Crippen LogP contribution in [0.4, 0.5) is 0 Å². The SMILES string of the molecule is COC(=O)C1CCCCN1C(=O)CCc1cc2n(n1)CCCNC2.Cl. The van der Waals surface area contributed by atoms with E-state index >= 15 is 0 Å². The zero-order valence-electron chi connectivity index (χ0n) is 14.7. The van der Waals surface area contributed by atoms with Crippen molar-refractivity contribution in [3.63, 3.8) is 0 Å². The first-order chi connectivity index (χ1) is 11.7. The summed E-state index contributed by atoms with van der Waals surface area (Å²) >= 11 is 0. The van der Waals surface area contributed by atoms with E-state index in [2.05, 4.69) is 16.5 Å². The van der Waals surface area contributed by atoms with Crippen LogP contribution in [0.15, 0.2) is 6.07 Å². The van der Waals surface area contributed by atoms with E-state index in [-0.39, 0.29) is 24.3 Å². The number of nitrogens with zero attached hydrogens (tertiary/aromatic N) is 3. The Kier molecular flexibility index (Phi) is 7.25. The van der Waals surface area contributed by atoms with E-state index in [0.717, 1.165) is 44.6 Å². The van der Waals surface area contributed by atoms with Crippen molar-refractivity contribution < 1.29 is 14.3 Å². The van der Waals surface area contributed by atoms with Crippen molar-refractivity contribution in [2.24, 2.45) is 0 Å². The van der Waals surface area contributed by atoms with Gasteiger partial charge in [0.25, 0.3) is 0 Å². The van der Waals surface area contributed by atoms with Gasteiger partial charge in [0, 0.05) is 32.5 Å². The number of rotatable bonds is 4. The maximum Gasteiger partial charge on any atom is 0.328 e. The molecule has 1 aromatic rings. The van der Waals surface area contributed by atoms with Crippen molar-refractivity contribution in [1.82, 2.24) is 20.0 Å². The molecule has 1 N–H and O–H groups in total. The molecule has 1 unspecified atom stereocenters. The lowest BCUT2D eigenvalue weighted by molar-refractivity contribution is -0.154. The largest absolute Gasteiger partial charge is 0.467 e. The van der Waals surface area contributed by atoms with Gasteiger partial charge in [-0.25, -0.2) is 4.79 Å². The fourth-order valence-corrected chi connectivity index (χ4v) is 3.53. The zero-order chi connectivity index (χ0) is 16.9. The van der Waals surface area contributed by atoms with Gasteiger partial charge in [0.15, 0.2) is 0 Å². The van der Waals surface area contributed by atoms with Crippen LogP contribution in [0.1, 0.15) is 43.5 Å². The minimum atomic E-state index is -0.417. The molecule has 1 saturated heterocycles. The van der Waals surface area contributed by atoms with Gasteiger partial charge in [0.1, 0.15) is 6.04 Å². The minimum Gasteiger partial charge on any atom is -0.467 e. The summed E-state index contributed by atoms with van der Waals surface area (Å²) in [7, 11) is 1.38. The summed E-state index contributed by atoms with van der Waals surface area (Å²) in [6, 6.07) is 1.67. The van der Waals surface area contributed by atoms with Gasteiger partial charge >= 0.3 is 5.97 Å². The van der Waals surface area contributed by atoms with Crippen LogP contribution in [0.2, 0.25) is 0 Å². The molecule has 7 nitrogen and oxygen atoms in total. The number of aromatic nitrogens is 2. The van der Waals surface area contributed by atoms with Crippen molar-refractivity contribution in [1.29, 1.82) is 0 Å². The van der Waals surface area contributed by atoms with Crippen LogP contribution in [0.3, 0.4) is 0 Å². The van der Waals surface area contributed by atoms with E-state index in [0.29, 0.717) is 25.8 Å².